The van der Waals surface area contributed by atoms with Gasteiger partial charge in [-0.1, -0.05) is 43.2 Å². The zero-order valence-electron chi connectivity index (χ0n) is 13.1. The van der Waals surface area contributed by atoms with Gasteiger partial charge >= 0.3 is 0 Å². The molecule has 4 nitrogen and oxygen atoms in total. The zero-order chi connectivity index (χ0) is 15.9. The molecule has 0 aromatic heterocycles. The van der Waals surface area contributed by atoms with Crippen molar-refractivity contribution in [3.63, 3.8) is 0 Å². The summed E-state index contributed by atoms with van der Waals surface area (Å²) >= 11 is 6.77. The molecular weight excluding hydrogens is 302 g/mol. The summed E-state index contributed by atoms with van der Waals surface area (Å²) in [6, 6.07) is 2.32. The monoisotopic (exact) mass is 327 g/mol. The predicted octanol–water partition coefficient (Wildman–Crippen LogP) is 3.08. The van der Waals surface area contributed by atoms with Crippen molar-refractivity contribution in [1.29, 1.82) is 5.26 Å². The number of amides is 1. The van der Waals surface area contributed by atoms with Gasteiger partial charge in [0.05, 0.1) is 11.3 Å². The summed E-state index contributed by atoms with van der Waals surface area (Å²) in [5.41, 5.74) is -0.666. The average molecular weight is 328 g/mol. The number of nitrogens with one attached hydrogen (secondary N) is 1. The summed E-state index contributed by atoms with van der Waals surface area (Å²) in [5, 5.41) is 12.1. The topological polar surface area (TPSA) is 56.1 Å². The highest BCUT2D eigenvalue weighted by molar-refractivity contribution is 8.23. The van der Waals surface area contributed by atoms with E-state index in [2.05, 4.69) is 16.3 Å². The molecule has 6 heteroatoms. The van der Waals surface area contributed by atoms with Crippen LogP contribution in [-0.4, -0.2) is 39.0 Å². The molecule has 0 spiro atoms. The van der Waals surface area contributed by atoms with Crippen LogP contribution in [0.15, 0.2) is 0 Å². The molecule has 1 rings (SSSR count). The molecule has 0 saturated heterocycles. The summed E-state index contributed by atoms with van der Waals surface area (Å²) < 4.78 is 0.748. The fourth-order valence-corrected chi connectivity index (χ4v) is 4.09. The number of nitrogens with zero attached hydrogens (tertiary/aromatic N) is 2. The van der Waals surface area contributed by atoms with E-state index in [9.17, 15) is 10.1 Å². The molecular formula is C15H25N3OS2. The molecule has 0 aliphatic heterocycles. The Morgan fingerprint density at radius 1 is 1.38 bits per heavy atom. The van der Waals surface area contributed by atoms with E-state index in [0.29, 0.717) is 0 Å². The molecule has 1 aliphatic rings. The molecule has 0 bridgehead atoms. The summed E-state index contributed by atoms with van der Waals surface area (Å²) in [6.07, 6.45) is 4.68. The minimum Gasteiger partial charge on any atom is -0.358 e. The lowest BCUT2D eigenvalue weighted by Gasteiger charge is -2.32. The number of carbonyl (C=O) groups is 1. The number of hydrogen-bond donors (Lipinski definition) is 1. The zero-order valence-corrected chi connectivity index (χ0v) is 14.8. The molecule has 0 aromatic carbocycles. The number of rotatable bonds is 5. The maximum atomic E-state index is 12.3. The number of thiocarbonyl (C=S) groups is 1. The Kier molecular flexibility index (Phi) is 7.47. The Hall–Kier alpha value is -0.800. The maximum Gasteiger partial charge on any atom is 0.234 e. The van der Waals surface area contributed by atoms with Crippen LogP contribution in [0, 0.1) is 11.3 Å². The summed E-state index contributed by atoms with van der Waals surface area (Å²) in [7, 11) is 0. The lowest BCUT2D eigenvalue weighted by atomic mass is 9.83. The van der Waals surface area contributed by atoms with Gasteiger partial charge in [-0.25, -0.2) is 0 Å². The Balaban J connectivity index is 2.58. The predicted molar refractivity (Wildman–Crippen MR) is 92.1 cm³/mol. The smallest absolute Gasteiger partial charge is 0.234 e. The molecule has 1 aliphatic carbocycles. The van der Waals surface area contributed by atoms with E-state index in [-0.39, 0.29) is 11.2 Å². The van der Waals surface area contributed by atoms with E-state index in [1.807, 2.05) is 20.8 Å². The maximum absolute atomic E-state index is 12.3. The second kappa shape index (κ2) is 8.60. The molecule has 118 valence electrons. The third kappa shape index (κ3) is 5.15. The largest absolute Gasteiger partial charge is 0.358 e. The number of hydrogen-bond acceptors (Lipinski definition) is 4. The number of carbonyl (C=O) groups excluding carboxylic acids is 1. The van der Waals surface area contributed by atoms with Crippen molar-refractivity contribution in [2.75, 3.05) is 13.1 Å². The first-order valence-corrected chi connectivity index (χ1v) is 8.95. The Morgan fingerprint density at radius 2 is 1.95 bits per heavy atom. The molecule has 1 atom stereocenters. The van der Waals surface area contributed by atoms with Crippen LogP contribution in [0.5, 0.6) is 0 Å². The second-order valence-electron chi connectivity index (χ2n) is 5.44. The van der Waals surface area contributed by atoms with Gasteiger partial charge in [0, 0.05) is 13.1 Å². The standard InChI is InChI=1S/C15H25N3OS2/c1-4-18(5-2)14(20)21-12(3)13(19)17-15(11-16)9-7-6-8-10-15/h12H,4-10H2,1-3H3,(H,17,19)/t12-/m0/s1. The highest BCUT2D eigenvalue weighted by atomic mass is 32.2. The van der Waals surface area contributed by atoms with Crippen LogP contribution < -0.4 is 5.32 Å². The molecule has 1 amide bonds. The third-order valence-corrected chi connectivity index (χ3v) is 5.53. The molecule has 0 radical (unpaired) electrons. The molecule has 0 unspecified atom stereocenters. The van der Waals surface area contributed by atoms with Crippen LogP contribution >= 0.6 is 24.0 Å². The van der Waals surface area contributed by atoms with E-state index in [4.69, 9.17) is 12.2 Å². The highest BCUT2D eigenvalue weighted by Crippen LogP contribution is 2.28. The minimum atomic E-state index is -0.666. The van der Waals surface area contributed by atoms with Gasteiger partial charge in [0.15, 0.2) is 0 Å². The minimum absolute atomic E-state index is 0.0852. The van der Waals surface area contributed by atoms with Gasteiger partial charge in [-0.3, -0.25) is 4.79 Å². The van der Waals surface area contributed by atoms with E-state index in [0.717, 1.165) is 49.5 Å². The molecule has 1 fully saturated rings. The van der Waals surface area contributed by atoms with Crippen molar-refractivity contribution in [2.24, 2.45) is 0 Å². The normalized spacial score (nSPS) is 18.4. The fraction of sp³-hybridized carbons (Fsp3) is 0.800. The Labute approximate surface area is 137 Å². The molecule has 1 N–H and O–H groups in total. The lowest BCUT2D eigenvalue weighted by Crippen LogP contribution is -2.51. The summed E-state index contributed by atoms with van der Waals surface area (Å²) in [5.74, 6) is -0.0852. The quantitative estimate of drug-likeness (QED) is 0.787. The van der Waals surface area contributed by atoms with Crippen LogP contribution in [0.1, 0.15) is 52.9 Å². The fourth-order valence-electron chi connectivity index (χ4n) is 2.52. The number of thioether (sulfide) groups is 1. The van der Waals surface area contributed by atoms with Crippen LogP contribution in [0.3, 0.4) is 0 Å². The molecule has 1 saturated carbocycles. The average Bonchev–Trinajstić information content (AvgIpc) is 2.49. The third-order valence-electron chi connectivity index (χ3n) is 3.95. The first-order valence-electron chi connectivity index (χ1n) is 7.67. The summed E-state index contributed by atoms with van der Waals surface area (Å²) in [4.78, 5) is 14.4. The first-order chi connectivity index (χ1) is 9.98. The van der Waals surface area contributed by atoms with Gasteiger partial charge in [0.1, 0.15) is 9.86 Å². The van der Waals surface area contributed by atoms with Gasteiger partial charge in [0.25, 0.3) is 0 Å². The van der Waals surface area contributed by atoms with E-state index in [1.54, 1.807) is 0 Å². The van der Waals surface area contributed by atoms with E-state index in [1.165, 1.54) is 11.8 Å². The summed E-state index contributed by atoms with van der Waals surface area (Å²) in [6.45, 7) is 7.64. The van der Waals surface area contributed by atoms with E-state index < -0.39 is 5.54 Å². The Morgan fingerprint density at radius 3 is 2.43 bits per heavy atom. The van der Waals surface area contributed by atoms with Gasteiger partial charge in [-0.2, -0.15) is 5.26 Å². The van der Waals surface area contributed by atoms with Crippen molar-refractivity contribution in [2.45, 2.75) is 63.7 Å². The van der Waals surface area contributed by atoms with Gasteiger partial charge in [-0.15, -0.1) is 0 Å². The second-order valence-corrected chi connectivity index (χ2v) is 7.42. The van der Waals surface area contributed by atoms with Gasteiger partial charge < -0.3 is 10.2 Å². The van der Waals surface area contributed by atoms with Crippen LogP contribution in [-0.2, 0) is 4.79 Å². The first kappa shape index (κ1) is 18.2. The van der Waals surface area contributed by atoms with Gasteiger partial charge in [-0.05, 0) is 33.6 Å². The molecule has 0 aromatic rings. The lowest BCUT2D eigenvalue weighted by molar-refractivity contribution is -0.121. The van der Waals surface area contributed by atoms with Crippen LogP contribution in [0.2, 0.25) is 0 Å². The highest BCUT2D eigenvalue weighted by Gasteiger charge is 2.35. The van der Waals surface area contributed by atoms with Gasteiger partial charge in [0.2, 0.25) is 5.91 Å². The van der Waals surface area contributed by atoms with E-state index >= 15 is 0 Å². The number of nitriles is 1. The van der Waals surface area contributed by atoms with Crippen molar-refractivity contribution in [3.8, 4) is 6.07 Å². The van der Waals surface area contributed by atoms with Crippen LogP contribution in [0.25, 0.3) is 0 Å². The van der Waals surface area contributed by atoms with Crippen LogP contribution in [0.4, 0.5) is 0 Å². The Bertz CT molecular complexity index is 410. The van der Waals surface area contributed by atoms with Crippen molar-refractivity contribution >= 4 is 34.2 Å². The van der Waals surface area contributed by atoms with Crippen molar-refractivity contribution < 1.29 is 4.79 Å². The SMILES string of the molecule is CCN(CC)C(=S)S[C@@H](C)C(=O)NC1(C#N)CCCCC1. The molecule has 21 heavy (non-hydrogen) atoms. The molecule has 0 heterocycles. The van der Waals surface area contributed by atoms with Crippen molar-refractivity contribution in [3.05, 3.63) is 0 Å². The van der Waals surface area contributed by atoms with Crippen molar-refractivity contribution in [1.82, 2.24) is 10.2 Å².